The quantitative estimate of drug-likeness (QED) is 0.924. The second kappa shape index (κ2) is 6.72. The van der Waals surface area contributed by atoms with Crippen molar-refractivity contribution in [2.24, 2.45) is 0 Å². The van der Waals surface area contributed by atoms with Crippen LogP contribution in [0.1, 0.15) is 56.1 Å². The second-order valence-corrected chi connectivity index (χ2v) is 7.61. The number of sulfonamides is 1. The first-order valence-corrected chi connectivity index (χ1v) is 9.07. The zero-order chi connectivity index (χ0) is 14.6. The summed E-state index contributed by atoms with van der Waals surface area (Å²) in [6.45, 7) is 3.84. The van der Waals surface area contributed by atoms with E-state index >= 15 is 0 Å². The molecule has 0 bridgehead atoms. The molecule has 4 heteroatoms. The first-order valence-electron chi connectivity index (χ1n) is 7.58. The Morgan fingerprint density at radius 1 is 1.00 bits per heavy atom. The first kappa shape index (κ1) is 15.5. The molecule has 1 fully saturated rings. The fourth-order valence-electron chi connectivity index (χ4n) is 2.96. The van der Waals surface area contributed by atoms with Crippen LogP contribution in [0.2, 0.25) is 0 Å². The highest BCUT2D eigenvalue weighted by atomic mass is 32.2. The molecule has 1 aromatic carbocycles. The summed E-state index contributed by atoms with van der Waals surface area (Å²) in [6, 6.07) is 5.60. The molecule has 0 saturated heterocycles. The van der Waals surface area contributed by atoms with Gasteiger partial charge in [0.05, 0.1) is 4.90 Å². The minimum Gasteiger partial charge on any atom is -0.208 e. The minimum atomic E-state index is -3.39. The van der Waals surface area contributed by atoms with E-state index in [-0.39, 0.29) is 6.04 Å². The van der Waals surface area contributed by atoms with Gasteiger partial charge in [-0.15, -0.1) is 0 Å². The zero-order valence-electron chi connectivity index (χ0n) is 12.5. The van der Waals surface area contributed by atoms with Gasteiger partial charge in [-0.3, -0.25) is 0 Å². The Kier molecular flexibility index (Phi) is 5.22. The van der Waals surface area contributed by atoms with Gasteiger partial charge in [-0.25, -0.2) is 13.1 Å². The molecule has 0 atom stereocenters. The molecular weight excluding hydrogens is 270 g/mol. The lowest BCUT2D eigenvalue weighted by molar-refractivity contribution is 0.426. The standard InChI is InChI=1S/C16H25NO2S/c1-13-10-11-16(14(2)12-13)20(18,19)17-15-8-6-4-3-5-7-9-15/h10-12,15,17H,3-9H2,1-2H3. The minimum absolute atomic E-state index is 0.0982. The summed E-state index contributed by atoms with van der Waals surface area (Å²) in [6.07, 6.45) is 7.91. The lowest BCUT2D eigenvalue weighted by Gasteiger charge is -2.21. The van der Waals surface area contributed by atoms with Crippen LogP contribution in [0.25, 0.3) is 0 Å². The number of benzene rings is 1. The smallest absolute Gasteiger partial charge is 0.208 e. The molecule has 112 valence electrons. The predicted molar refractivity (Wildman–Crippen MR) is 82.3 cm³/mol. The second-order valence-electron chi connectivity index (χ2n) is 5.93. The fourth-order valence-corrected chi connectivity index (χ4v) is 4.49. The van der Waals surface area contributed by atoms with E-state index in [4.69, 9.17) is 0 Å². The molecule has 0 heterocycles. The Morgan fingerprint density at radius 2 is 1.60 bits per heavy atom. The van der Waals surface area contributed by atoms with Crippen LogP contribution in [0.5, 0.6) is 0 Å². The third kappa shape index (κ3) is 4.06. The van der Waals surface area contributed by atoms with Crippen molar-refractivity contribution in [2.75, 3.05) is 0 Å². The molecule has 0 unspecified atom stereocenters. The van der Waals surface area contributed by atoms with Gasteiger partial charge < -0.3 is 0 Å². The molecule has 2 rings (SSSR count). The monoisotopic (exact) mass is 295 g/mol. The third-order valence-corrected chi connectivity index (χ3v) is 5.73. The van der Waals surface area contributed by atoms with E-state index in [1.807, 2.05) is 26.0 Å². The van der Waals surface area contributed by atoms with Crippen molar-refractivity contribution in [3.63, 3.8) is 0 Å². The normalized spacial score (nSPS) is 18.5. The molecule has 1 N–H and O–H groups in total. The van der Waals surface area contributed by atoms with Crippen LogP contribution in [0.15, 0.2) is 23.1 Å². The molecule has 1 saturated carbocycles. The van der Waals surface area contributed by atoms with Gasteiger partial charge in [-0.1, -0.05) is 49.8 Å². The molecule has 0 spiro atoms. The van der Waals surface area contributed by atoms with Crippen LogP contribution >= 0.6 is 0 Å². The van der Waals surface area contributed by atoms with Crippen molar-refractivity contribution in [3.05, 3.63) is 29.3 Å². The number of rotatable bonds is 3. The van der Waals surface area contributed by atoms with Crippen molar-refractivity contribution >= 4 is 10.0 Å². The molecule has 0 aliphatic heterocycles. The molecule has 3 nitrogen and oxygen atoms in total. The van der Waals surface area contributed by atoms with Crippen molar-refractivity contribution in [3.8, 4) is 0 Å². The van der Waals surface area contributed by atoms with Gasteiger partial charge in [-0.2, -0.15) is 0 Å². The number of hydrogen-bond donors (Lipinski definition) is 1. The topological polar surface area (TPSA) is 46.2 Å². The maximum atomic E-state index is 12.5. The van der Waals surface area contributed by atoms with Gasteiger partial charge in [0.2, 0.25) is 10.0 Å². The Bertz CT molecular complexity index is 544. The summed E-state index contributed by atoms with van der Waals surface area (Å²) in [5.74, 6) is 0. The van der Waals surface area contributed by atoms with E-state index in [1.54, 1.807) is 6.07 Å². The van der Waals surface area contributed by atoms with Crippen LogP contribution in [-0.4, -0.2) is 14.5 Å². The largest absolute Gasteiger partial charge is 0.241 e. The Labute approximate surface area is 122 Å². The number of aryl methyl sites for hydroxylation is 2. The highest BCUT2D eigenvalue weighted by molar-refractivity contribution is 7.89. The van der Waals surface area contributed by atoms with Gasteiger partial charge in [0.25, 0.3) is 0 Å². The molecule has 1 aliphatic carbocycles. The van der Waals surface area contributed by atoms with E-state index in [0.29, 0.717) is 4.90 Å². The first-order chi connectivity index (χ1) is 9.49. The highest BCUT2D eigenvalue weighted by Crippen LogP contribution is 2.21. The van der Waals surface area contributed by atoms with Gasteiger partial charge in [0.15, 0.2) is 0 Å². The molecule has 0 radical (unpaired) electrons. The molecule has 20 heavy (non-hydrogen) atoms. The van der Waals surface area contributed by atoms with E-state index in [1.165, 1.54) is 19.3 Å². The van der Waals surface area contributed by atoms with Crippen LogP contribution in [0, 0.1) is 13.8 Å². The molecule has 1 aromatic rings. The van der Waals surface area contributed by atoms with Crippen LogP contribution in [0.4, 0.5) is 0 Å². The molecule has 0 aromatic heterocycles. The van der Waals surface area contributed by atoms with E-state index < -0.39 is 10.0 Å². The molecule has 0 amide bonds. The number of hydrogen-bond acceptors (Lipinski definition) is 2. The van der Waals surface area contributed by atoms with Crippen LogP contribution in [-0.2, 0) is 10.0 Å². The summed E-state index contributed by atoms with van der Waals surface area (Å²) in [7, 11) is -3.39. The maximum absolute atomic E-state index is 12.5. The summed E-state index contributed by atoms with van der Waals surface area (Å²) in [4.78, 5) is 0.421. The Morgan fingerprint density at radius 3 is 2.20 bits per heavy atom. The molecular formula is C16H25NO2S. The van der Waals surface area contributed by atoms with Crippen LogP contribution in [0.3, 0.4) is 0 Å². The third-order valence-electron chi connectivity index (χ3n) is 4.05. The summed E-state index contributed by atoms with van der Waals surface area (Å²) in [5, 5.41) is 0. The van der Waals surface area contributed by atoms with E-state index in [9.17, 15) is 8.42 Å². The molecule has 1 aliphatic rings. The SMILES string of the molecule is Cc1ccc(S(=O)(=O)NC2CCCCCCC2)c(C)c1. The van der Waals surface area contributed by atoms with Gasteiger partial charge >= 0.3 is 0 Å². The fraction of sp³-hybridized carbons (Fsp3) is 0.625. The van der Waals surface area contributed by atoms with Crippen molar-refractivity contribution in [1.82, 2.24) is 4.72 Å². The van der Waals surface area contributed by atoms with Gasteiger partial charge in [-0.05, 0) is 38.3 Å². The Balaban J connectivity index is 2.13. The van der Waals surface area contributed by atoms with Gasteiger partial charge in [0.1, 0.15) is 0 Å². The van der Waals surface area contributed by atoms with E-state index in [2.05, 4.69) is 4.72 Å². The van der Waals surface area contributed by atoms with Crippen molar-refractivity contribution < 1.29 is 8.42 Å². The average Bonchev–Trinajstić information content (AvgIpc) is 2.31. The van der Waals surface area contributed by atoms with Crippen LogP contribution < -0.4 is 4.72 Å². The summed E-state index contributed by atoms with van der Waals surface area (Å²) in [5.41, 5.74) is 1.91. The lowest BCUT2D eigenvalue weighted by atomic mass is 9.97. The zero-order valence-corrected chi connectivity index (χ0v) is 13.3. The maximum Gasteiger partial charge on any atom is 0.241 e. The lowest BCUT2D eigenvalue weighted by Crippen LogP contribution is -2.35. The average molecular weight is 295 g/mol. The van der Waals surface area contributed by atoms with Crippen molar-refractivity contribution in [2.45, 2.75) is 69.7 Å². The number of nitrogens with one attached hydrogen (secondary N) is 1. The van der Waals surface area contributed by atoms with E-state index in [0.717, 1.165) is 36.8 Å². The summed E-state index contributed by atoms with van der Waals surface area (Å²) >= 11 is 0. The predicted octanol–water partition coefficient (Wildman–Crippen LogP) is 3.69. The van der Waals surface area contributed by atoms with Crippen molar-refractivity contribution in [1.29, 1.82) is 0 Å². The van der Waals surface area contributed by atoms with Gasteiger partial charge in [0, 0.05) is 6.04 Å². The highest BCUT2D eigenvalue weighted by Gasteiger charge is 2.22. The Hall–Kier alpha value is -0.870. The summed E-state index contributed by atoms with van der Waals surface area (Å²) < 4.78 is 28.0.